The molecule has 7 heteroatoms. The largest absolute Gasteiger partial charge is 0.378 e. The average Bonchev–Trinajstić information content (AvgIpc) is 2.67. The Kier molecular flexibility index (Phi) is 6.07. The summed E-state index contributed by atoms with van der Waals surface area (Å²) in [5.41, 5.74) is 1.04. The summed E-state index contributed by atoms with van der Waals surface area (Å²) in [5.74, 6) is 1.59. The summed E-state index contributed by atoms with van der Waals surface area (Å²) < 4.78 is 5.36. The van der Waals surface area contributed by atoms with E-state index in [1.54, 1.807) is 0 Å². The van der Waals surface area contributed by atoms with Gasteiger partial charge < -0.3 is 19.9 Å². The second-order valence-corrected chi connectivity index (χ2v) is 7.24. The fourth-order valence-electron chi connectivity index (χ4n) is 3.25. The number of nitrogens with one attached hydrogen (secondary N) is 1. The third-order valence-electron chi connectivity index (χ3n) is 4.83. The van der Waals surface area contributed by atoms with E-state index in [1.807, 2.05) is 12.4 Å². The highest BCUT2D eigenvalue weighted by atomic mass is 16.5. The van der Waals surface area contributed by atoms with Crippen LogP contribution in [0.15, 0.2) is 12.4 Å². The first-order valence-corrected chi connectivity index (χ1v) is 9.31. The summed E-state index contributed by atoms with van der Waals surface area (Å²) in [6.45, 7) is 9.89. The maximum atomic E-state index is 12.2. The lowest BCUT2D eigenvalue weighted by molar-refractivity contribution is -0.125. The highest BCUT2D eigenvalue weighted by molar-refractivity contribution is 5.79. The molecule has 1 amide bonds. The number of nitrogens with zero attached hydrogens (tertiary/aromatic N) is 4. The average molecular weight is 347 g/mol. The van der Waals surface area contributed by atoms with E-state index in [-0.39, 0.29) is 11.8 Å². The highest BCUT2D eigenvalue weighted by Gasteiger charge is 2.25. The Morgan fingerprint density at radius 3 is 2.40 bits per heavy atom. The molecule has 0 unspecified atom stereocenters. The molecule has 1 aromatic heterocycles. The lowest BCUT2D eigenvalue weighted by Gasteiger charge is -2.33. The van der Waals surface area contributed by atoms with E-state index in [1.165, 1.54) is 0 Å². The predicted octanol–water partition coefficient (Wildman–Crippen LogP) is 1.30. The van der Waals surface area contributed by atoms with Crippen LogP contribution >= 0.6 is 0 Å². The zero-order valence-corrected chi connectivity index (χ0v) is 15.3. The molecule has 7 nitrogen and oxygen atoms in total. The molecule has 2 fully saturated rings. The van der Waals surface area contributed by atoms with Crippen molar-refractivity contribution in [3.8, 4) is 0 Å². The van der Waals surface area contributed by atoms with E-state index < -0.39 is 0 Å². The van der Waals surface area contributed by atoms with Crippen molar-refractivity contribution in [2.75, 3.05) is 55.7 Å². The van der Waals surface area contributed by atoms with E-state index in [9.17, 15) is 4.79 Å². The molecule has 0 atom stereocenters. The molecule has 0 saturated carbocycles. The minimum absolute atomic E-state index is 0.128. The SMILES string of the molecule is CC(C)CNC(=O)C1CCN(c2cnc(N3CCOCC3)nc2)CC1. The van der Waals surface area contributed by atoms with Crippen LogP contribution in [0.4, 0.5) is 11.6 Å². The minimum Gasteiger partial charge on any atom is -0.378 e. The Balaban J connectivity index is 1.50. The molecule has 138 valence electrons. The first-order valence-electron chi connectivity index (χ1n) is 9.31. The monoisotopic (exact) mass is 347 g/mol. The highest BCUT2D eigenvalue weighted by Crippen LogP contribution is 2.23. The molecule has 3 heterocycles. The lowest BCUT2D eigenvalue weighted by atomic mass is 9.95. The van der Waals surface area contributed by atoms with Gasteiger partial charge in [-0.15, -0.1) is 0 Å². The van der Waals surface area contributed by atoms with Gasteiger partial charge in [0.05, 0.1) is 31.3 Å². The predicted molar refractivity (Wildman–Crippen MR) is 97.8 cm³/mol. The van der Waals surface area contributed by atoms with Gasteiger partial charge in [0.25, 0.3) is 0 Å². The summed E-state index contributed by atoms with van der Waals surface area (Å²) in [7, 11) is 0. The van der Waals surface area contributed by atoms with Crippen molar-refractivity contribution in [2.24, 2.45) is 11.8 Å². The summed E-state index contributed by atoms with van der Waals surface area (Å²) in [6.07, 6.45) is 5.57. The van der Waals surface area contributed by atoms with Crippen LogP contribution < -0.4 is 15.1 Å². The van der Waals surface area contributed by atoms with Crippen molar-refractivity contribution >= 4 is 17.5 Å². The third-order valence-corrected chi connectivity index (χ3v) is 4.83. The second-order valence-electron chi connectivity index (χ2n) is 7.24. The van der Waals surface area contributed by atoms with Gasteiger partial charge in [-0.25, -0.2) is 9.97 Å². The van der Waals surface area contributed by atoms with Crippen molar-refractivity contribution in [1.82, 2.24) is 15.3 Å². The number of anilines is 2. The van der Waals surface area contributed by atoms with Crippen LogP contribution in [0.5, 0.6) is 0 Å². The van der Waals surface area contributed by atoms with Crippen LogP contribution in [0, 0.1) is 11.8 Å². The summed E-state index contributed by atoms with van der Waals surface area (Å²) in [6, 6.07) is 0. The molecule has 0 aromatic carbocycles. The van der Waals surface area contributed by atoms with Crippen LogP contribution in [0.25, 0.3) is 0 Å². The van der Waals surface area contributed by atoms with Gasteiger partial charge in [0.1, 0.15) is 0 Å². The normalized spacial score (nSPS) is 19.3. The molecular weight excluding hydrogens is 318 g/mol. The summed E-state index contributed by atoms with van der Waals surface area (Å²) >= 11 is 0. The number of amides is 1. The van der Waals surface area contributed by atoms with Crippen molar-refractivity contribution in [2.45, 2.75) is 26.7 Å². The Morgan fingerprint density at radius 2 is 1.80 bits per heavy atom. The van der Waals surface area contributed by atoms with Crippen LogP contribution in [0.2, 0.25) is 0 Å². The van der Waals surface area contributed by atoms with Gasteiger partial charge in [0, 0.05) is 38.6 Å². The fraction of sp³-hybridized carbons (Fsp3) is 0.722. The lowest BCUT2D eigenvalue weighted by Crippen LogP contribution is -2.41. The van der Waals surface area contributed by atoms with Gasteiger partial charge in [0.2, 0.25) is 11.9 Å². The van der Waals surface area contributed by atoms with Gasteiger partial charge >= 0.3 is 0 Å². The molecule has 25 heavy (non-hydrogen) atoms. The van der Waals surface area contributed by atoms with Crippen molar-refractivity contribution in [3.63, 3.8) is 0 Å². The van der Waals surface area contributed by atoms with Crippen LogP contribution in [-0.2, 0) is 9.53 Å². The molecule has 2 aliphatic heterocycles. The zero-order valence-electron chi connectivity index (χ0n) is 15.3. The molecule has 0 aliphatic carbocycles. The first kappa shape index (κ1) is 17.9. The van der Waals surface area contributed by atoms with Gasteiger partial charge in [0.15, 0.2) is 0 Å². The second kappa shape index (κ2) is 8.47. The Morgan fingerprint density at radius 1 is 1.16 bits per heavy atom. The van der Waals surface area contributed by atoms with Crippen LogP contribution in [0.3, 0.4) is 0 Å². The van der Waals surface area contributed by atoms with E-state index in [2.05, 4.69) is 38.9 Å². The summed E-state index contributed by atoms with van der Waals surface area (Å²) in [5, 5.41) is 3.05. The molecule has 0 bridgehead atoms. The standard InChI is InChI=1S/C18H29N5O2/c1-14(2)11-19-17(24)15-3-5-22(6-4-15)16-12-20-18(21-13-16)23-7-9-25-10-8-23/h12-15H,3-11H2,1-2H3,(H,19,24). The Bertz CT molecular complexity index is 549. The number of rotatable bonds is 5. The molecule has 2 saturated heterocycles. The van der Waals surface area contributed by atoms with Crippen molar-refractivity contribution in [3.05, 3.63) is 12.4 Å². The van der Waals surface area contributed by atoms with Gasteiger partial charge in [-0.05, 0) is 18.8 Å². The fourth-order valence-corrected chi connectivity index (χ4v) is 3.25. The number of aromatic nitrogens is 2. The van der Waals surface area contributed by atoms with Gasteiger partial charge in [-0.2, -0.15) is 0 Å². The van der Waals surface area contributed by atoms with E-state index in [0.717, 1.165) is 70.4 Å². The van der Waals surface area contributed by atoms with Crippen LogP contribution in [0.1, 0.15) is 26.7 Å². The Labute approximate surface area is 149 Å². The molecule has 0 radical (unpaired) electrons. The van der Waals surface area contributed by atoms with Gasteiger partial charge in [-0.1, -0.05) is 13.8 Å². The zero-order chi connectivity index (χ0) is 17.6. The maximum absolute atomic E-state index is 12.2. The van der Waals surface area contributed by atoms with E-state index in [0.29, 0.717) is 5.92 Å². The first-order chi connectivity index (χ1) is 12.1. The van der Waals surface area contributed by atoms with Crippen molar-refractivity contribution in [1.29, 1.82) is 0 Å². The molecule has 1 aromatic rings. The van der Waals surface area contributed by atoms with Gasteiger partial charge in [-0.3, -0.25) is 4.79 Å². The number of piperidine rings is 1. The van der Waals surface area contributed by atoms with E-state index in [4.69, 9.17) is 4.74 Å². The maximum Gasteiger partial charge on any atom is 0.225 e. The number of hydrogen-bond donors (Lipinski definition) is 1. The quantitative estimate of drug-likeness (QED) is 0.866. The molecule has 1 N–H and O–H groups in total. The van der Waals surface area contributed by atoms with E-state index >= 15 is 0 Å². The number of hydrogen-bond acceptors (Lipinski definition) is 6. The molecule has 3 rings (SSSR count). The third kappa shape index (κ3) is 4.81. The van der Waals surface area contributed by atoms with Crippen LogP contribution in [-0.4, -0.2) is 61.8 Å². The van der Waals surface area contributed by atoms with Crippen molar-refractivity contribution < 1.29 is 9.53 Å². The Hall–Kier alpha value is -1.89. The smallest absolute Gasteiger partial charge is 0.225 e. The molecule has 2 aliphatic rings. The number of morpholine rings is 1. The summed E-state index contributed by atoms with van der Waals surface area (Å²) in [4.78, 5) is 25.7. The minimum atomic E-state index is 0.128. The number of ether oxygens (including phenoxy) is 1. The topological polar surface area (TPSA) is 70.6 Å². The number of carbonyl (C=O) groups is 1. The molecular formula is C18H29N5O2. The number of carbonyl (C=O) groups excluding carboxylic acids is 1. The molecule has 0 spiro atoms.